The lowest BCUT2D eigenvalue weighted by atomic mass is 9.81. The Morgan fingerprint density at radius 3 is 2.54 bits per heavy atom. The smallest absolute Gasteiger partial charge is 0.233 e. The number of hydrogen-bond donors (Lipinski definition) is 1. The fourth-order valence-electron chi connectivity index (χ4n) is 3.82. The molecule has 0 spiro atoms. The zero-order chi connectivity index (χ0) is 18.5. The first-order valence-corrected chi connectivity index (χ1v) is 9.37. The molecule has 2 unspecified atom stereocenters. The Morgan fingerprint density at radius 2 is 1.88 bits per heavy atom. The maximum absolute atomic E-state index is 12.4. The Morgan fingerprint density at radius 1 is 1.19 bits per heavy atom. The fraction of sp³-hybridized carbons (Fsp3) is 0.550. The van der Waals surface area contributed by atoms with Gasteiger partial charge in [-0.2, -0.15) is 0 Å². The number of carbonyl (C=O) groups is 3. The monoisotopic (exact) mass is 358 g/mol. The molecular weight excluding hydrogens is 332 g/mol. The summed E-state index contributed by atoms with van der Waals surface area (Å²) in [5.74, 6) is 0.123. The average molecular weight is 358 g/mol. The molecule has 1 saturated carbocycles. The molecule has 2 atom stereocenters. The summed E-state index contributed by atoms with van der Waals surface area (Å²) in [4.78, 5) is 38.0. The van der Waals surface area contributed by atoms with Crippen LogP contribution in [0.4, 0.5) is 0 Å². The highest BCUT2D eigenvalue weighted by atomic mass is 16.5. The number of benzene rings is 1. The molecule has 26 heavy (non-hydrogen) atoms. The van der Waals surface area contributed by atoms with E-state index in [2.05, 4.69) is 5.32 Å². The van der Waals surface area contributed by atoms with Crippen LogP contribution >= 0.6 is 0 Å². The van der Waals surface area contributed by atoms with Crippen molar-refractivity contribution in [1.82, 2.24) is 10.2 Å². The van der Waals surface area contributed by atoms with Crippen LogP contribution in [0.1, 0.15) is 37.7 Å². The topological polar surface area (TPSA) is 75.7 Å². The van der Waals surface area contributed by atoms with Crippen LogP contribution in [-0.2, 0) is 14.4 Å². The van der Waals surface area contributed by atoms with Gasteiger partial charge in [0.2, 0.25) is 17.7 Å². The first-order chi connectivity index (χ1) is 12.6. The Kier molecular flexibility index (Phi) is 5.91. The van der Waals surface area contributed by atoms with E-state index < -0.39 is 0 Å². The van der Waals surface area contributed by atoms with Crippen molar-refractivity contribution in [3.63, 3.8) is 0 Å². The van der Waals surface area contributed by atoms with E-state index in [9.17, 15) is 14.4 Å². The van der Waals surface area contributed by atoms with Crippen LogP contribution in [0.3, 0.4) is 0 Å². The first kappa shape index (κ1) is 18.4. The predicted octanol–water partition coefficient (Wildman–Crippen LogP) is 2.06. The van der Waals surface area contributed by atoms with Crippen molar-refractivity contribution in [2.75, 3.05) is 19.7 Å². The van der Waals surface area contributed by atoms with Gasteiger partial charge in [0.25, 0.3) is 0 Å². The molecule has 6 nitrogen and oxygen atoms in total. The minimum Gasteiger partial charge on any atom is -0.492 e. The lowest BCUT2D eigenvalue weighted by Crippen LogP contribution is -2.36. The standard InChI is InChI=1S/C20H26N2O4/c1-14-5-4-6-15(13-14)26-12-10-21-18(23)9-11-22-19(24)16-7-2-3-8-17(16)20(22)25/h4-6,13,16-17H,2-3,7-12H2,1H3,(H,21,23). The van der Waals surface area contributed by atoms with Gasteiger partial charge in [0.1, 0.15) is 12.4 Å². The van der Waals surface area contributed by atoms with Gasteiger partial charge in [-0.25, -0.2) is 0 Å². The minimum absolute atomic E-state index is 0.0877. The van der Waals surface area contributed by atoms with Gasteiger partial charge >= 0.3 is 0 Å². The van der Waals surface area contributed by atoms with E-state index in [1.807, 2.05) is 31.2 Å². The zero-order valence-corrected chi connectivity index (χ0v) is 15.2. The summed E-state index contributed by atoms with van der Waals surface area (Å²) >= 11 is 0. The molecule has 3 rings (SSSR count). The Balaban J connectivity index is 1.37. The molecule has 1 saturated heterocycles. The molecule has 3 amide bonds. The van der Waals surface area contributed by atoms with Crippen molar-refractivity contribution in [3.8, 4) is 5.75 Å². The summed E-state index contributed by atoms with van der Waals surface area (Å²) in [5.41, 5.74) is 1.12. The fourth-order valence-corrected chi connectivity index (χ4v) is 3.82. The van der Waals surface area contributed by atoms with Crippen molar-refractivity contribution in [1.29, 1.82) is 0 Å². The molecule has 1 aliphatic carbocycles. The normalized spacial score (nSPS) is 22.3. The van der Waals surface area contributed by atoms with Gasteiger partial charge in [-0.05, 0) is 37.5 Å². The summed E-state index contributed by atoms with van der Waals surface area (Å²) in [6.07, 6.45) is 3.76. The second kappa shape index (κ2) is 8.34. The third-order valence-corrected chi connectivity index (χ3v) is 5.18. The molecular formula is C20H26N2O4. The van der Waals surface area contributed by atoms with Gasteiger partial charge in [0.15, 0.2) is 0 Å². The molecule has 1 aromatic carbocycles. The maximum atomic E-state index is 12.4. The van der Waals surface area contributed by atoms with Crippen molar-refractivity contribution < 1.29 is 19.1 Å². The predicted molar refractivity (Wildman–Crippen MR) is 96.5 cm³/mol. The van der Waals surface area contributed by atoms with Gasteiger partial charge in [-0.1, -0.05) is 25.0 Å². The number of imide groups is 1. The van der Waals surface area contributed by atoms with E-state index in [1.165, 1.54) is 4.90 Å². The summed E-state index contributed by atoms with van der Waals surface area (Å²) in [6, 6.07) is 7.72. The highest BCUT2D eigenvalue weighted by molar-refractivity contribution is 6.05. The molecule has 0 aromatic heterocycles. The SMILES string of the molecule is Cc1cccc(OCCNC(=O)CCN2C(=O)C3CCCCC3C2=O)c1. The molecule has 1 aliphatic heterocycles. The number of rotatable bonds is 7. The molecule has 140 valence electrons. The van der Waals surface area contributed by atoms with Crippen molar-refractivity contribution >= 4 is 17.7 Å². The summed E-state index contributed by atoms with van der Waals surface area (Å²) in [7, 11) is 0. The molecule has 1 heterocycles. The number of ether oxygens (including phenoxy) is 1. The Bertz CT molecular complexity index is 664. The third-order valence-electron chi connectivity index (χ3n) is 5.18. The van der Waals surface area contributed by atoms with Crippen LogP contribution in [-0.4, -0.2) is 42.3 Å². The Hall–Kier alpha value is -2.37. The lowest BCUT2D eigenvalue weighted by Gasteiger charge is -2.19. The number of nitrogens with zero attached hydrogens (tertiary/aromatic N) is 1. The second-order valence-corrected chi connectivity index (χ2v) is 7.09. The number of likely N-dealkylation sites (tertiary alicyclic amines) is 1. The molecule has 0 radical (unpaired) electrons. The van der Waals surface area contributed by atoms with Crippen LogP contribution < -0.4 is 10.1 Å². The number of amides is 3. The van der Waals surface area contributed by atoms with Crippen molar-refractivity contribution in [3.05, 3.63) is 29.8 Å². The maximum Gasteiger partial charge on any atom is 0.233 e. The van der Waals surface area contributed by atoms with Gasteiger partial charge in [-0.15, -0.1) is 0 Å². The van der Waals surface area contributed by atoms with Crippen LogP contribution in [0, 0.1) is 18.8 Å². The van der Waals surface area contributed by atoms with Gasteiger partial charge < -0.3 is 10.1 Å². The molecule has 2 aliphatic rings. The van der Waals surface area contributed by atoms with Crippen LogP contribution in [0.5, 0.6) is 5.75 Å². The van der Waals surface area contributed by atoms with E-state index in [1.54, 1.807) is 0 Å². The number of aryl methyl sites for hydroxylation is 1. The number of nitrogens with one attached hydrogen (secondary N) is 1. The van der Waals surface area contributed by atoms with E-state index >= 15 is 0 Å². The average Bonchev–Trinajstić information content (AvgIpc) is 2.88. The number of hydrogen-bond acceptors (Lipinski definition) is 4. The van der Waals surface area contributed by atoms with Crippen molar-refractivity contribution in [2.24, 2.45) is 11.8 Å². The zero-order valence-electron chi connectivity index (χ0n) is 15.2. The summed E-state index contributed by atoms with van der Waals surface area (Å²) in [5, 5.41) is 2.77. The highest BCUT2D eigenvalue weighted by Crippen LogP contribution is 2.37. The van der Waals surface area contributed by atoms with Crippen LogP contribution in [0.25, 0.3) is 0 Å². The largest absolute Gasteiger partial charge is 0.492 e. The number of carbonyl (C=O) groups excluding carboxylic acids is 3. The summed E-state index contributed by atoms with van der Waals surface area (Å²) in [6.45, 7) is 2.93. The third kappa shape index (κ3) is 4.23. The van der Waals surface area contributed by atoms with E-state index in [4.69, 9.17) is 4.74 Å². The van der Waals surface area contributed by atoms with Gasteiger partial charge in [0.05, 0.1) is 18.4 Å². The highest BCUT2D eigenvalue weighted by Gasteiger charge is 2.47. The van der Waals surface area contributed by atoms with Crippen LogP contribution in [0.2, 0.25) is 0 Å². The van der Waals surface area contributed by atoms with Gasteiger partial charge in [-0.3, -0.25) is 19.3 Å². The summed E-state index contributed by atoms with van der Waals surface area (Å²) < 4.78 is 5.58. The molecule has 1 aromatic rings. The van der Waals surface area contributed by atoms with Crippen molar-refractivity contribution in [2.45, 2.75) is 39.0 Å². The molecule has 6 heteroatoms. The molecule has 1 N–H and O–H groups in total. The van der Waals surface area contributed by atoms with E-state index in [0.717, 1.165) is 37.0 Å². The molecule has 0 bridgehead atoms. The molecule has 2 fully saturated rings. The number of fused-ring (bicyclic) bond motifs is 1. The van der Waals surface area contributed by atoms with E-state index in [0.29, 0.717) is 13.2 Å². The quantitative estimate of drug-likeness (QED) is 0.598. The minimum atomic E-state index is -0.173. The Labute approximate surface area is 153 Å². The second-order valence-electron chi connectivity index (χ2n) is 7.09. The van der Waals surface area contributed by atoms with Crippen LogP contribution in [0.15, 0.2) is 24.3 Å². The van der Waals surface area contributed by atoms with Gasteiger partial charge in [0, 0.05) is 13.0 Å². The van der Waals surface area contributed by atoms with E-state index in [-0.39, 0.29) is 42.5 Å². The lowest BCUT2D eigenvalue weighted by molar-refractivity contribution is -0.140. The first-order valence-electron chi connectivity index (χ1n) is 9.37.